The first-order chi connectivity index (χ1) is 14.6. The molecule has 4 aromatic rings. The average molecular weight is 420 g/mol. The summed E-state index contributed by atoms with van der Waals surface area (Å²) in [5, 5.41) is 10.6. The van der Waals surface area contributed by atoms with E-state index in [0.29, 0.717) is 41.4 Å². The molecule has 0 radical (unpaired) electrons. The second-order valence-corrected chi connectivity index (χ2v) is 7.54. The third-order valence-corrected chi connectivity index (χ3v) is 5.22. The molecular formula is C22H21N5O2S. The van der Waals surface area contributed by atoms with Gasteiger partial charge in [0.1, 0.15) is 11.5 Å². The van der Waals surface area contributed by atoms with Crippen molar-refractivity contribution in [3.63, 3.8) is 0 Å². The van der Waals surface area contributed by atoms with Gasteiger partial charge in [0.15, 0.2) is 16.9 Å². The number of anilines is 1. The second-order valence-electron chi connectivity index (χ2n) is 6.68. The van der Waals surface area contributed by atoms with Gasteiger partial charge in [-0.05, 0) is 28.5 Å². The molecule has 1 amide bonds. The highest BCUT2D eigenvalue weighted by atomic mass is 32.1. The molecule has 0 unspecified atom stereocenters. The molecule has 0 saturated heterocycles. The second kappa shape index (κ2) is 8.79. The van der Waals surface area contributed by atoms with E-state index in [1.54, 1.807) is 0 Å². The van der Waals surface area contributed by atoms with Crippen LogP contribution in [-0.4, -0.2) is 16.9 Å². The number of nitrogens with one attached hydrogen (secondary N) is 2. The molecule has 2 aromatic heterocycles. The van der Waals surface area contributed by atoms with E-state index < -0.39 is 0 Å². The van der Waals surface area contributed by atoms with E-state index in [4.69, 9.17) is 10.2 Å². The Labute approximate surface area is 177 Å². The molecule has 0 spiro atoms. The number of benzene rings is 2. The molecule has 30 heavy (non-hydrogen) atoms. The fourth-order valence-electron chi connectivity index (χ4n) is 3.02. The van der Waals surface area contributed by atoms with Gasteiger partial charge >= 0.3 is 0 Å². The smallest absolute Gasteiger partial charge is 0.217 e. The van der Waals surface area contributed by atoms with Crippen molar-refractivity contribution in [2.45, 2.75) is 20.0 Å². The van der Waals surface area contributed by atoms with Gasteiger partial charge in [0, 0.05) is 12.3 Å². The van der Waals surface area contributed by atoms with Crippen molar-refractivity contribution in [3.8, 4) is 11.5 Å². The van der Waals surface area contributed by atoms with E-state index in [1.807, 2.05) is 35.7 Å². The van der Waals surface area contributed by atoms with Crippen LogP contribution in [-0.2, 0) is 17.9 Å². The molecule has 0 atom stereocenters. The number of nitrogens with zero attached hydrogens (tertiary/aromatic N) is 2. The van der Waals surface area contributed by atoms with Gasteiger partial charge in [-0.1, -0.05) is 42.5 Å². The number of thiazole rings is 1. The average Bonchev–Trinajstić information content (AvgIpc) is 3.40. The van der Waals surface area contributed by atoms with Crippen molar-refractivity contribution >= 4 is 39.1 Å². The third-order valence-electron chi connectivity index (χ3n) is 4.46. The predicted molar refractivity (Wildman–Crippen MR) is 120 cm³/mol. The number of carbonyl (C=O) groups is 1. The number of amides is 1. The summed E-state index contributed by atoms with van der Waals surface area (Å²) in [7, 11) is 0. The van der Waals surface area contributed by atoms with Crippen molar-refractivity contribution in [2.75, 3.05) is 5.32 Å². The normalized spacial score (nSPS) is 11.6. The van der Waals surface area contributed by atoms with E-state index in [0.717, 1.165) is 5.56 Å². The number of hydrogen-bond donors (Lipinski definition) is 3. The van der Waals surface area contributed by atoms with E-state index >= 15 is 0 Å². The summed E-state index contributed by atoms with van der Waals surface area (Å²) in [5.74, 6) is 1.49. The Hall–Kier alpha value is -3.65. The molecule has 2 heterocycles. The Morgan fingerprint density at radius 2 is 2.00 bits per heavy atom. The molecule has 2 aromatic carbocycles. The van der Waals surface area contributed by atoms with Crippen LogP contribution in [0.5, 0.6) is 0 Å². The minimum absolute atomic E-state index is 0.105. The molecule has 0 aliphatic rings. The fraction of sp³-hybridized carbons (Fsp3) is 0.136. The Kier molecular flexibility index (Phi) is 5.76. The summed E-state index contributed by atoms with van der Waals surface area (Å²) in [4.78, 5) is 20.0. The first-order valence-corrected chi connectivity index (χ1v) is 10.3. The zero-order chi connectivity index (χ0) is 20.9. The van der Waals surface area contributed by atoms with Crippen LogP contribution in [0.15, 0.2) is 69.4 Å². The van der Waals surface area contributed by atoms with Gasteiger partial charge in [-0.2, -0.15) is 0 Å². The number of rotatable bonds is 6. The zero-order valence-electron chi connectivity index (χ0n) is 16.4. The minimum Gasteiger partial charge on any atom is -0.458 e. The number of aromatic nitrogens is 1. The van der Waals surface area contributed by atoms with Gasteiger partial charge in [0.2, 0.25) is 5.91 Å². The molecule has 0 fully saturated rings. The van der Waals surface area contributed by atoms with Gasteiger partial charge in [0.25, 0.3) is 0 Å². The van der Waals surface area contributed by atoms with E-state index in [9.17, 15) is 4.79 Å². The van der Waals surface area contributed by atoms with Crippen molar-refractivity contribution in [3.05, 3.63) is 71.3 Å². The standard InChI is InChI=1S/C22H21N5O2S/c1-14(28)24-12-17-9-10-20(29-17)19-13-30-22(26-19)27-21(23)25-11-16-7-4-6-15-5-2-3-8-18(15)16/h2-10,13H,11-12H2,1H3,(H,24,28)(H3,23,25,26,27). The van der Waals surface area contributed by atoms with Gasteiger partial charge in [-0.3, -0.25) is 4.79 Å². The highest BCUT2D eigenvalue weighted by molar-refractivity contribution is 7.14. The number of furan rings is 1. The molecule has 8 heteroatoms. The number of guanidine groups is 1. The number of hydrogen-bond acceptors (Lipinski definition) is 5. The van der Waals surface area contributed by atoms with Gasteiger partial charge in [-0.25, -0.2) is 9.98 Å². The lowest BCUT2D eigenvalue weighted by Crippen LogP contribution is -2.22. The maximum atomic E-state index is 11.0. The molecule has 0 bridgehead atoms. The summed E-state index contributed by atoms with van der Waals surface area (Å²) >= 11 is 1.41. The summed E-state index contributed by atoms with van der Waals surface area (Å²) in [6.45, 7) is 2.29. The van der Waals surface area contributed by atoms with Crippen LogP contribution in [0.2, 0.25) is 0 Å². The van der Waals surface area contributed by atoms with Crippen molar-refractivity contribution in [1.29, 1.82) is 0 Å². The first kappa shape index (κ1) is 19.7. The monoisotopic (exact) mass is 419 g/mol. The highest BCUT2D eigenvalue weighted by Gasteiger charge is 2.10. The van der Waals surface area contributed by atoms with Crippen molar-refractivity contribution < 1.29 is 9.21 Å². The highest BCUT2D eigenvalue weighted by Crippen LogP contribution is 2.26. The molecule has 0 aliphatic heterocycles. The zero-order valence-corrected chi connectivity index (χ0v) is 17.2. The SMILES string of the molecule is CC(=O)NCc1ccc(-c2csc(NC(N)=NCc3cccc4ccccc34)n2)o1. The topological polar surface area (TPSA) is 106 Å². The van der Waals surface area contributed by atoms with E-state index in [1.165, 1.54) is 29.0 Å². The largest absolute Gasteiger partial charge is 0.458 e. The Balaban J connectivity index is 1.41. The number of fused-ring (bicyclic) bond motifs is 1. The van der Waals surface area contributed by atoms with Crippen LogP contribution in [0.4, 0.5) is 5.13 Å². The summed E-state index contributed by atoms with van der Waals surface area (Å²) < 4.78 is 5.72. The molecule has 7 nitrogen and oxygen atoms in total. The molecule has 152 valence electrons. The van der Waals surface area contributed by atoms with Gasteiger partial charge in [0.05, 0.1) is 13.1 Å². The molecular weight excluding hydrogens is 398 g/mol. The maximum absolute atomic E-state index is 11.0. The van der Waals surface area contributed by atoms with Crippen LogP contribution in [0.1, 0.15) is 18.2 Å². The number of aliphatic imine (C=N–C) groups is 1. The lowest BCUT2D eigenvalue weighted by Gasteiger charge is -2.05. The predicted octanol–water partition coefficient (Wildman–Crippen LogP) is 4.12. The summed E-state index contributed by atoms with van der Waals surface area (Å²) in [6.07, 6.45) is 0. The minimum atomic E-state index is -0.105. The number of carbonyl (C=O) groups excluding carboxylic acids is 1. The van der Waals surface area contributed by atoms with Crippen LogP contribution in [0.25, 0.3) is 22.2 Å². The van der Waals surface area contributed by atoms with Crippen LogP contribution < -0.4 is 16.4 Å². The van der Waals surface area contributed by atoms with Crippen molar-refractivity contribution in [1.82, 2.24) is 10.3 Å². The van der Waals surface area contributed by atoms with E-state index in [2.05, 4.69) is 44.9 Å². The third kappa shape index (κ3) is 4.66. The summed E-state index contributed by atoms with van der Waals surface area (Å²) in [6, 6.07) is 18.0. The summed E-state index contributed by atoms with van der Waals surface area (Å²) in [5.41, 5.74) is 7.86. The maximum Gasteiger partial charge on any atom is 0.217 e. The quantitative estimate of drug-likeness (QED) is 0.322. The van der Waals surface area contributed by atoms with Crippen LogP contribution in [0.3, 0.4) is 0 Å². The lowest BCUT2D eigenvalue weighted by atomic mass is 10.1. The van der Waals surface area contributed by atoms with E-state index in [-0.39, 0.29) is 5.91 Å². The Bertz CT molecular complexity index is 1210. The first-order valence-electron chi connectivity index (χ1n) is 9.41. The molecule has 4 rings (SSSR count). The fourth-order valence-corrected chi connectivity index (χ4v) is 3.72. The van der Waals surface area contributed by atoms with Crippen LogP contribution in [0, 0.1) is 0 Å². The molecule has 0 aliphatic carbocycles. The Morgan fingerprint density at radius 1 is 1.17 bits per heavy atom. The number of nitrogens with two attached hydrogens (primary N) is 1. The Morgan fingerprint density at radius 3 is 2.87 bits per heavy atom. The van der Waals surface area contributed by atoms with Crippen molar-refractivity contribution in [2.24, 2.45) is 10.7 Å². The van der Waals surface area contributed by atoms with Crippen LogP contribution >= 0.6 is 11.3 Å². The molecule has 4 N–H and O–H groups in total. The van der Waals surface area contributed by atoms with Gasteiger partial charge in [-0.15, -0.1) is 11.3 Å². The lowest BCUT2D eigenvalue weighted by molar-refractivity contribution is -0.119. The van der Waals surface area contributed by atoms with Gasteiger partial charge < -0.3 is 20.8 Å². The molecule has 0 saturated carbocycles.